The molecule has 1 heterocycles. The van der Waals surface area contributed by atoms with Crippen molar-refractivity contribution in [1.29, 1.82) is 0 Å². The molecule has 0 spiro atoms. The first kappa shape index (κ1) is 23.8. The third kappa shape index (κ3) is 4.93. The van der Waals surface area contributed by atoms with E-state index in [0.717, 1.165) is 32.6 Å². The van der Waals surface area contributed by atoms with Gasteiger partial charge in [-0.1, -0.05) is 66.8 Å². The number of nitrogens with zero attached hydrogens (tertiary/aromatic N) is 2. The van der Waals surface area contributed by atoms with E-state index >= 15 is 0 Å². The number of benzene rings is 3. The maximum atomic E-state index is 3.95. The average molecular weight is 465 g/mol. The third-order valence-corrected chi connectivity index (χ3v) is 8.75. The lowest BCUT2D eigenvalue weighted by molar-refractivity contribution is 0.955. The van der Waals surface area contributed by atoms with Crippen LogP contribution >= 0.6 is 7.92 Å². The first-order chi connectivity index (χ1) is 16.7. The van der Waals surface area contributed by atoms with E-state index in [1.54, 1.807) is 0 Å². The van der Waals surface area contributed by atoms with E-state index in [-0.39, 0.29) is 0 Å². The largest absolute Gasteiger partial charge is 0.364 e. The summed E-state index contributed by atoms with van der Waals surface area (Å²) >= 11 is 0. The SMILES string of the molecule is C=CCN(CC=C)c1ccc2c(c1)P(c1ccccc1)c1cc(N(CC=C)CC=C)ccc1C2. The van der Waals surface area contributed by atoms with Gasteiger partial charge in [-0.05, 0) is 65.6 Å². The summed E-state index contributed by atoms with van der Waals surface area (Å²) < 4.78 is 0. The third-order valence-electron chi connectivity index (χ3n) is 6.14. The Hall–Kier alpha value is -3.35. The number of rotatable bonds is 11. The minimum absolute atomic E-state index is 0.674. The number of anilines is 2. The molecule has 1 aliphatic heterocycles. The highest BCUT2D eigenvalue weighted by Crippen LogP contribution is 2.41. The lowest BCUT2D eigenvalue weighted by atomic mass is 10.0. The summed E-state index contributed by atoms with van der Waals surface area (Å²) in [6.45, 7) is 19.0. The van der Waals surface area contributed by atoms with Gasteiger partial charge in [0.05, 0.1) is 0 Å². The Morgan fingerprint density at radius 2 is 1.06 bits per heavy atom. The lowest BCUT2D eigenvalue weighted by Gasteiger charge is -2.33. The standard InChI is InChI=1S/C31H33N2P/c1-5-18-32(19-6-2)27-16-14-25-22-26-15-17-28(33(20-7-3)21-8-4)24-31(26)34(30(25)23-27)29-12-10-9-11-13-29/h5-17,23-24H,1-4,18-22H2. The average Bonchev–Trinajstić information content (AvgIpc) is 2.87. The summed E-state index contributed by atoms with van der Waals surface area (Å²) in [6.07, 6.45) is 8.79. The van der Waals surface area contributed by atoms with E-state index in [2.05, 4.69) is 103 Å². The van der Waals surface area contributed by atoms with Crippen LogP contribution in [0.4, 0.5) is 11.4 Å². The topological polar surface area (TPSA) is 6.48 Å². The highest BCUT2D eigenvalue weighted by atomic mass is 31.1. The molecule has 2 nitrogen and oxygen atoms in total. The zero-order valence-electron chi connectivity index (χ0n) is 19.9. The zero-order chi connectivity index (χ0) is 23.9. The fourth-order valence-electron chi connectivity index (χ4n) is 4.60. The molecular formula is C31H33N2P. The van der Waals surface area contributed by atoms with E-state index in [9.17, 15) is 0 Å². The fraction of sp³-hybridized carbons (Fsp3) is 0.161. The van der Waals surface area contributed by atoms with Crippen molar-refractivity contribution in [1.82, 2.24) is 0 Å². The molecule has 3 aromatic carbocycles. The minimum atomic E-state index is -0.674. The Morgan fingerprint density at radius 3 is 1.47 bits per heavy atom. The summed E-state index contributed by atoms with van der Waals surface area (Å²) in [6, 6.07) is 24.9. The Balaban J connectivity index is 1.86. The molecule has 0 fully saturated rings. The van der Waals surface area contributed by atoms with Crippen LogP contribution in [0.25, 0.3) is 0 Å². The minimum Gasteiger partial charge on any atom is -0.364 e. The van der Waals surface area contributed by atoms with Gasteiger partial charge in [0.1, 0.15) is 0 Å². The first-order valence-corrected chi connectivity index (χ1v) is 13.1. The lowest BCUT2D eigenvalue weighted by Crippen LogP contribution is -2.33. The Labute approximate surface area is 206 Å². The second-order valence-corrected chi connectivity index (χ2v) is 10.6. The first-order valence-electron chi connectivity index (χ1n) is 11.7. The van der Waals surface area contributed by atoms with E-state index in [1.165, 1.54) is 38.4 Å². The summed E-state index contributed by atoms with van der Waals surface area (Å²) in [7, 11) is -0.674. The summed E-state index contributed by atoms with van der Waals surface area (Å²) in [5, 5.41) is 4.27. The van der Waals surface area contributed by atoms with Crippen LogP contribution in [0.5, 0.6) is 0 Å². The van der Waals surface area contributed by atoms with Gasteiger partial charge in [0, 0.05) is 37.6 Å². The molecular weight excluding hydrogens is 431 g/mol. The van der Waals surface area contributed by atoms with Crippen LogP contribution in [-0.2, 0) is 6.42 Å². The van der Waals surface area contributed by atoms with Crippen molar-refractivity contribution in [2.75, 3.05) is 36.0 Å². The molecule has 0 unspecified atom stereocenters. The molecule has 0 saturated carbocycles. The van der Waals surface area contributed by atoms with Crippen molar-refractivity contribution in [3.05, 3.63) is 128 Å². The number of hydrogen-bond acceptors (Lipinski definition) is 2. The van der Waals surface area contributed by atoms with Gasteiger partial charge in [-0.25, -0.2) is 0 Å². The monoisotopic (exact) mass is 464 g/mol. The zero-order valence-corrected chi connectivity index (χ0v) is 20.8. The van der Waals surface area contributed by atoms with Crippen LogP contribution in [0.15, 0.2) is 117 Å². The molecule has 1 aliphatic rings. The summed E-state index contributed by atoms with van der Waals surface area (Å²) in [5.74, 6) is 0. The van der Waals surface area contributed by atoms with Gasteiger partial charge in [-0.15, -0.1) is 26.3 Å². The molecule has 0 aliphatic carbocycles. The molecule has 0 atom stereocenters. The Morgan fingerprint density at radius 1 is 0.618 bits per heavy atom. The summed E-state index contributed by atoms with van der Waals surface area (Å²) in [4.78, 5) is 4.64. The maximum absolute atomic E-state index is 3.95. The maximum Gasteiger partial charge on any atom is 0.0378 e. The second-order valence-electron chi connectivity index (χ2n) is 8.44. The van der Waals surface area contributed by atoms with Crippen molar-refractivity contribution < 1.29 is 0 Å². The molecule has 3 heteroatoms. The Kier molecular flexibility index (Phi) is 7.83. The van der Waals surface area contributed by atoms with E-state index in [4.69, 9.17) is 0 Å². The Bertz CT molecular complexity index is 1090. The molecule has 0 N–H and O–H groups in total. The van der Waals surface area contributed by atoms with Gasteiger partial charge in [-0.2, -0.15) is 0 Å². The van der Waals surface area contributed by atoms with Crippen molar-refractivity contribution in [2.45, 2.75) is 6.42 Å². The predicted octanol–water partition coefficient (Wildman–Crippen LogP) is 5.71. The number of fused-ring (bicyclic) bond motifs is 2. The van der Waals surface area contributed by atoms with Crippen molar-refractivity contribution in [3.63, 3.8) is 0 Å². The summed E-state index contributed by atoms with van der Waals surface area (Å²) in [5.41, 5.74) is 5.29. The van der Waals surface area contributed by atoms with Crippen molar-refractivity contribution >= 4 is 35.2 Å². The molecule has 34 heavy (non-hydrogen) atoms. The molecule has 0 saturated heterocycles. The van der Waals surface area contributed by atoms with Crippen LogP contribution in [0, 0.1) is 0 Å². The van der Waals surface area contributed by atoms with Gasteiger partial charge < -0.3 is 9.80 Å². The van der Waals surface area contributed by atoms with Crippen LogP contribution in [0.3, 0.4) is 0 Å². The molecule has 3 aromatic rings. The van der Waals surface area contributed by atoms with Crippen LogP contribution in [0.1, 0.15) is 11.1 Å². The van der Waals surface area contributed by atoms with E-state index in [1.807, 2.05) is 24.3 Å². The van der Waals surface area contributed by atoms with Crippen molar-refractivity contribution in [3.8, 4) is 0 Å². The molecule has 0 aromatic heterocycles. The van der Waals surface area contributed by atoms with E-state index in [0.29, 0.717) is 0 Å². The molecule has 0 amide bonds. The molecule has 172 valence electrons. The van der Waals surface area contributed by atoms with Crippen LogP contribution < -0.4 is 25.7 Å². The normalized spacial score (nSPS) is 12.2. The van der Waals surface area contributed by atoms with E-state index < -0.39 is 7.92 Å². The van der Waals surface area contributed by atoms with Crippen LogP contribution in [0.2, 0.25) is 0 Å². The van der Waals surface area contributed by atoms with Gasteiger partial charge in [0.15, 0.2) is 0 Å². The van der Waals surface area contributed by atoms with Gasteiger partial charge in [0.2, 0.25) is 0 Å². The van der Waals surface area contributed by atoms with Gasteiger partial charge in [0.25, 0.3) is 0 Å². The smallest absolute Gasteiger partial charge is 0.0378 e. The second kappa shape index (κ2) is 11.2. The fourth-order valence-corrected chi connectivity index (χ4v) is 7.29. The predicted molar refractivity (Wildman–Crippen MR) is 153 cm³/mol. The highest BCUT2D eigenvalue weighted by molar-refractivity contribution is 7.80. The quantitative estimate of drug-likeness (QED) is 0.207. The molecule has 0 radical (unpaired) electrons. The molecule has 0 bridgehead atoms. The molecule has 4 rings (SSSR count). The van der Waals surface area contributed by atoms with Crippen molar-refractivity contribution in [2.24, 2.45) is 0 Å². The van der Waals surface area contributed by atoms with Crippen LogP contribution in [-0.4, -0.2) is 26.2 Å². The number of hydrogen-bond donors (Lipinski definition) is 0. The highest BCUT2D eigenvalue weighted by Gasteiger charge is 2.28. The van der Waals surface area contributed by atoms with Gasteiger partial charge in [-0.3, -0.25) is 0 Å². The van der Waals surface area contributed by atoms with Gasteiger partial charge >= 0.3 is 0 Å².